The zero-order valence-electron chi connectivity index (χ0n) is 19.6. The van der Waals surface area contributed by atoms with Crippen molar-refractivity contribution in [1.82, 2.24) is 24.6 Å². The van der Waals surface area contributed by atoms with Gasteiger partial charge < -0.3 is 15.0 Å². The number of nitrogens with zero attached hydrogens (tertiary/aromatic N) is 6. The van der Waals surface area contributed by atoms with Crippen molar-refractivity contribution in [3.63, 3.8) is 0 Å². The van der Waals surface area contributed by atoms with Crippen molar-refractivity contribution in [2.24, 2.45) is 17.8 Å². The van der Waals surface area contributed by atoms with Gasteiger partial charge in [-0.3, -0.25) is 4.98 Å². The van der Waals surface area contributed by atoms with Crippen LogP contribution in [0.25, 0.3) is 5.65 Å². The molecule has 0 aromatic carbocycles. The minimum atomic E-state index is -5.78. The molecule has 4 heterocycles. The van der Waals surface area contributed by atoms with Crippen molar-refractivity contribution < 1.29 is 39.9 Å². The number of nitrogens with one attached hydrogen (secondary N) is 1. The summed E-state index contributed by atoms with van der Waals surface area (Å²) >= 11 is 0. The van der Waals surface area contributed by atoms with E-state index in [9.17, 15) is 35.1 Å². The highest BCUT2D eigenvalue weighted by Crippen LogP contribution is 2.49. The zero-order valence-corrected chi connectivity index (χ0v) is 19.6. The summed E-state index contributed by atoms with van der Waals surface area (Å²) < 4.78 is 109. The number of anilines is 2. The first-order chi connectivity index (χ1) is 17.8. The molecule has 0 bridgehead atoms. The maximum absolute atomic E-state index is 13.3. The SMILES string of the molecule is CCC1C2CN(c3ccnc(C(F)(F)F)c3)C[C@H]2[C@@H]1Nc1nc2c(OCC(F)(F)C(F)(F)F)nccn2n1. The fraction of sp³-hybridized carbons (Fsp3) is 0.545. The average Bonchev–Trinajstić information content (AvgIpc) is 3.43. The molecule has 1 saturated carbocycles. The van der Waals surface area contributed by atoms with Crippen molar-refractivity contribution >= 4 is 17.3 Å². The molecule has 1 aliphatic heterocycles. The van der Waals surface area contributed by atoms with Crippen LogP contribution in [-0.2, 0) is 6.18 Å². The smallest absolute Gasteiger partial charge is 0.456 e. The minimum Gasteiger partial charge on any atom is -0.468 e. The van der Waals surface area contributed by atoms with Gasteiger partial charge in [0.1, 0.15) is 5.69 Å². The number of ether oxygens (including phenoxy) is 1. The molecule has 0 amide bonds. The van der Waals surface area contributed by atoms with Crippen LogP contribution >= 0.6 is 0 Å². The van der Waals surface area contributed by atoms with Crippen LogP contribution in [0, 0.1) is 17.8 Å². The topological polar surface area (TPSA) is 80.5 Å². The van der Waals surface area contributed by atoms with Gasteiger partial charge in [0.15, 0.2) is 6.61 Å². The van der Waals surface area contributed by atoms with Crippen LogP contribution in [0.1, 0.15) is 19.0 Å². The summed E-state index contributed by atoms with van der Waals surface area (Å²) in [4.78, 5) is 13.2. The summed E-state index contributed by atoms with van der Waals surface area (Å²) in [5.74, 6) is -5.10. The van der Waals surface area contributed by atoms with E-state index in [1.165, 1.54) is 12.3 Å². The number of aromatic nitrogens is 5. The lowest BCUT2D eigenvalue weighted by molar-refractivity contribution is -0.290. The lowest BCUT2D eigenvalue weighted by Gasteiger charge is -2.47. The molecule has 1 N–H and O–H groups in total. The van der Waals surface area contributed by atoms with Crippen LogP contribution in [0.3, 0.4) is 0 Å². The molecular weight excluding hydrogens is 530 g/mol. The van der Waals surface area contributed by atoms with E-state index in [0.717, 1.165) is 29.4 Å². The number of hydrogen-bond acceptors (Lipinski definition) is 7. The Labute approximate surface area is 210 Å². The molecule has 2 unspecified atom stereocenters. The molecule has 8 nitrogen and oxygen atoms in total. The molecule has 0 radical (unpaired) electrons. The van der Waals surface area contributed by atoms with Gasteiger partial charge >= 0.3 is 18.3 Å². The first kappa shape index (κ1) is 26.2. The normalized spacial score (nSPS) is 23.9. The second-order valence-corrected chi connectivity index (χ2v) is 9.30. The fourth-order valence-corrected chi connectivity index (χ4v) is 5.23. The van der Waals surface area contributed by atoms with Crippen molar-refractivity contribution in [3.8, 4) is 5.88 Å². The first-order valence-electron chi connectivity index (χ1n) is 11.6. The molecule has 5 rings (SSSR count). The van der Waals surface area contributed by atoms with Crippen molar-refractivity contribution in [3.05, 3.63) is 36.4 Å². The average molecular weight is 551 g/mol. The molecule has 16 heteroatoms. The van der Waals surface area contributed by atoms with E-state index in [-0.39, 0.29) is 35.4 Å². The number of halogens is 8. The zero-order chi connectivity index (χ0) is 27.5. The first-order valence-corrected chi connectivity index (χ1v) is 11.6. The predicted octanol–water partition coefficient (Wildman–Crippen LogP) is 4.69. The Morgan fingerprint density at radius 3 is 2.45 bits per heavy atom. The van der Waals surface area contributed by atoms with E-state index >= 15 is 0 Å². The maximum Gasteiger partial charge on any atom is 0.456 e. The van der Waals surface area contributed by atoms with Crippen LogP contribution in [-0.4, -0.2) is 62.4 Å². The molecule has 2 fully saturated rings. The van der Waals surface area contributed by atoms with Crippen LogP contribution < -0.4 is 15.0 Å². The Bertz CT molecular complexity index is 1310. The highest BCUT2D eigenvalue weighted by molar-refractivity contribution is 5.53. The van der Waals surface area contributed by atoms with Gasteiger partial charge in [-0.15, -0.1) is 5.10 Å². The molecule has 3 aromatic heterocycles. The molecule has 1 saturated heterocycles. The summed E-state index contributed by atoms with van der Waals surface area (Å²) in [5, 5.41) is 7.40. The van der Waals surface area contributed by atoms with E-state index in [2.05, 4.69) is 30.1 Å². The van der Waals surface area contributed by atoms with E-state index in [1.54, 1.807) is 0 Å². The van der Waals surface area contributed by atoms with E-state index in [4.69, 9.17) is 0 Å². The van der Waals surface area contributed by atoms with Crippen LogP contribution in [0.15, 0.2) is 30.7 Å². The second kappa shape index (κ2) is 9.08. The van der Waals surface area contributed by atoms with Gasteiger partial charge in [0.05, 0.1) is 0 Å². The second-order valence-electron chi connectivity index (χ2n) is 9.30. The Morgan fingerprint density at radius 2 is 1.76 bits per heavy atom. The maximum atomic E-state index is 13.3. The standard InChI is InChI=1S/C22H21F8N7O/c1-2-12-13-8-36(11-3-4-31-15(7-11)21(25,26)27)9-14(13)16(12)33-19-34-17-18(32-5-6-37(17)35-19)38-10-20(23,24)22(28,29)30/h3-7,12-14,16H,2,8-10H2,1H3,(H,33,35)/t12?,13?,14-,16-/m1/s1. The van der Waals surface area contributed by atoms with Crippen molar-refractivity contribution in [1.29, 1.82) is 0 Å². The highest BCUT2D eigenvalue weighted by Gasteiger charge is 2.58. The van der Waals surface area contributed by atoms with Gasteiger partial charge in [-0.2, -0.15) is 40.1 Å². The van der Waals surface area contributed by atoms with Crippen molar-refractivity contribution in [2.45, 2.75) is 37.7 Å². The molecule has 0 spiro atoms. The molecule has 3 aromatic rings. The van der Waals surface area contributed by atoms with Crippen LogP contribution in [0.5, 0.6) is 5.88 Å². The Morgan fingerprint density at radius 1 is 1.03 bits per heavy atom. The predicted molar refractivity (Wildman–Crippen MR) is 117 cm³/mol. The summed E-state index contributed by atoms with van der Waals surface area (Å²) in [6.07, 6.45) is -5.98. The minimum absolute atomic E-state index is 0.0633. The van der Waals surface area contributed by atoms with Gasteiger partial charge in [-0.05, 0) is 24.0 Å². The van der Waals surface area contributed by atoms with Crippen LogP contribution in [0.4, 0.5) is 46.8 Å². The third-order valence-electron chi connectivity index (χ3n) is 7.08. The lowest BCUT2D eigenvalue weighted by atomic mass is 9.61. The number of alkyl halides is 8. The Kier molecular flexibility index (Phi) is 6.25. The quantitative estimate of drug-likeness (QED) is 0.427. The van der Waals surface area contributed by atoms with Gasteiger partial charge in [-0.1, -0.05) is 13.3 Å². The number of pyridine rings is 1. The van der Waals surface area contributed by atoms with E-state index in [0.29, 0.717) is 18.8 Å². The molecule has 206 valence electrons. The fourth-order valence-electron chi connectivity index (χ4n) is 5.23. The monoisotopic (exact) mass is 551 g/mol. The van der Waals surface area contributed by atoms with Crippen LogP contribution in [0.2, 0.25) is 0 Å². The van der Waals surface area contributed by atoms with E-state index in [1.807, 2.05) is 11.8 Å². The molecular formula is C22H21F8N7O. The number of hydrogen-bond donors (Lipinski definition) is 1. The highest BCUT2D eigenvalue weighted by atomic mass is 19.4. The van der Waals surface area contributed by atoms with Crippen molar-refractivity contribution in [2.75, 3.05) is 29.9 Å². The molecule has 4 atom stereocenters. The van der Waals surface area contributed by atoms with Gasteiger partial charge in [-0.25, -0.2) is 9.50 Å². The summed E-state index contributed by atoms with van der Waals surface area (Å²) in [7, 11) is 0. The molecule has 1 aliphatic carbocycles. The number of fused-ring (bicyclic) bond motifs is 2. The lowest BCUT2D eigenvalue weighted by Crippen LogP contribution is -2.54. The third kappa shape index (κ3) is 4.64. The summed E-state index contributed by atoms with van der Waals surface area (Å²) in [6.45, 7) is 1.07. The van der Waals surface area contributed by atoms with Gasteiger partial charge in [0.25, 0.3) is 5.88 Å². The third-order valence-corrected chi connectivity index (χ3v) is 7.08. The van der Waals surface area contributed by atoms with Gasteiger partial charge in [0.2, 0.25) is 11.6 Å². The Hall–Kier alpha value is -3.46. The summed E-state index contributed by atoms with van der Waals surface area (Å²) in [5.41, 5.74) is -0.699. The number of rotatable bonds is 7. The van der Waals surface area contributed by atoms with Gasteiger partial charge in [0, 0.05) is 49.3 Å². The largest absolute Gasteiger partial charge is 0.468 e. The Balaban J connectivity index is 1.31. The summed E-state index contributed by atoms with van der Waals surface area (Å²) in [6, 6.07) is 2.42. The molecule has 38 heavy (non-hydrogen) atoms. The van der Waals surface area contributed by atoms with E-state index < -0.39 is 36.5 Å². The molecule has 2 aliphatic rings.